The fourth-order valence-electron chi connectivity index (χ4n) is 1.94. The fourth-order valence-corrected chi connectivity index (χ4v) is 1.94. The third-order valence-electron chi connectivity index (χ3n) is 3.06. The van der Waals surface area contributed by atoms with Crippen LogP contribution in [-0.4, -0.2) is 19.5 Å². The molecular weight excluding hydrogens is 200 g/mol. The largest absolute Gasteiger partial charge is 0.347 e. The number of amides is 1. The Morgan fingerprint density at radius 2 is 2.00 bits per heavy atom. The van der Waals surface area contributed by atoms with Crippen LogP contribution in [0, 0.1) is 0 Å². The summed E-state index contributed by atoms with van der Waals surface area (Å²) in [6.45, 7) is 0.733. The van der Waals surface area contributed by atoms with Crippen molar-refractivity contribution in [3.63, 3.8) is 0 Å². The molecule has 0 saturated heterocycles. The highest BCUT2D eigenvalue weighted by molar-refractivity contribution is 5.77. The zero-order valence-corrected chi connectivity index (χ0v) is 9.62. The zero-order valence-electron chi connectivity index (χ0n) is 9.62. The molecule has 0 unspecified atom stereocenters. The molecule has 2 N–H and O–H groups in total. The van der Waals surface area contributed by atoms with Crippen molar-refractivity contribution in [2.45, 2.75) is 24.8 Å². The number of carbonyl (C=O) groups excluding carboxylic acids is 1. The van der Waals surface area contributed by atoms with Gasteiger partial charge < -0.3 is 10.6 Å². The molecule has 1 saturated carbocycles. The van der Waals surface area contributed by atoms with Crippen molar-refractivity contribution in [1.82, 2.24) is 10.6 Å². The first-order valence-corrected chi connectivity index (χ1v) is 5.78. The van der Waals surface area contributed by atoms with Crippen LogP contribution in [0.25, 0.3) is 0 Å². The van der Waals surface area contributed by atoms with E-state index in [9.17, 15) is 4.79 Å². The molecule has 1 amide bonds. The molecule has 1 aromatic carbocycles. The van der Waals surface area contributed by atoms with Crippen molar-refractivity contribution in [3.8, 4) is 0 Å². The molecule has 0 bridgehead atoms. The van der Waals surface area contributed by atoms with Crippen LogP contribution in [0.2, 0.25) is 0 Å². The number of rotatable bonds is 5. The molecule has 3 heteroatoms. The molecule has 1 aliphatic carbocycles. The van der Waals surface area contributed by atoms with E-state index in [1.807, 2.05) is 25.2 Å². The first-order chi connectivity index (χ1) is 7.77. The molecule has 2 rings (SSSR count). The number of hydrogen-bond acceptors (Lipinski definition) is 2. The Bertz CT molecular complexity index is 357. The summed E-state index contributed by atoms with van der Waals surface area (Å²) in [4.78, 5) is 11.7. The lowest BCUT2D eigenvalue weighted by molar-refractivity contribution is -0.122. The van der Waals surface area contributed by atoms with Gasteiger partial charge in [0.2, 0.25) is 5.91 Å². The summed E-state index contributed by atoms with van der Waals surface area (Å²) in [6.07, 6.45) is 2.66. The maximum atomic E-state index is 11.7. The van der Waals surface area contributed by atoms with Gasteiger partial charge in [-0.05, 0) is 25.5 Å². The Morgan fingerprint density at radius 1 is 1.31 bits per heavy atom. The normalized spacial score (nSPS) is 16.8. The van der Waals surface area contributed by atoms with Gasteiger partial charge in [-0.25, -0.2) is 0 Å². The molecule has 0 radical (unpaired) electrons. The molecule has 0 aromatic heterocycles. The van der Waals surface area contributed by atoms with E-state index in [1.54, 1.807) is 0 Å². The van der Waals surface area contributed by atoms with Gasteiger partial charge in [-0.15, -0.1) is 0 Å². The minimum absolute atomic E-state index is 0.0634. The molecule has 1 fully saturated rings. The maximum Gasteiger partial charge on any atom is 0.221 e. The van der Waals surface area contributed by atoms with E-state index in [0.29, 0.717) is 6.42 Å². The van der Waals surface area contributed by atoms with Gasteiger partial charge in [-0.3, -0.25) is 4.79 Å². The molecule has 3 nitrogen and oxygen atoms in total. The van der Waals surface area contributed by atoms with Crippen molar-refractivity contribution in [2.75, 3.05) is 13.6 Å². The summed E-state index contributed by atoms with van der Waals surface area (Å²) >= 11 is 0. The molecule has 0 aliphatic heterocycles. The van der Waals surface area contributed by atoms with E-state index < -0.39 is 0 Å². The Kier molecular flexibility index (Phi) is 3.25. The van der Waals surface area contributed by atoms with Crippen LogP contribution in [0.3, 0.4) is 0 Å². The van der Waals surface area contributed by atoms with Crippen LogP contribution in [0.5, 0.6) is 0 Å². The SMILES string of the molecule is CNCCC(=O)NC1(c2ccccc2)CC1. The van der Waals surface area contributed by atoms with Gasteiger partial charge in [0.15, 0.2) is 0 Å². The second-order valence-electron chi connectivity index (χ2n) is 4.35. The third kappa shape index (κ3) is 2.42. The summed E-state index contributed by atoms with van der Waals surface area (Å²) in [5.74, 6) is 0.135. The average molecular weight is 218 g/mol. The van der Waals surface area contributed by atoms with Gasteiger partial charge in [-0.1, -0.05) is 30.3 Å². The molecule has 1 aromatic rings. The maximum absolute atomic E-state index is 11.7. The zero-order chi connectivity index (χ0) is 11.4. The van der Waals surface area contributed by atoms with E-state index in [0.717, 1.165) is 19.4 Å². The lowest BCUT2D eigenvalue weighted by Gasteiger charge is -2.17. The Hall–Kier alpha value is -1.35. The van der Waals surface area contributed by atoms with Crippen molar-refractivity contribution in [1.29, 1.82) is 0 Å². The fraction of sp³-hybridized carbons (Fsp3) is 0.462. The van der Waals surface area contributed by atoms with E-state index in [2.05, 4.69) is 22.8 Å². The van der Waals surface area contributed by atoms with E-state index in [4.69, 9.17) is 0 Å². The van der Waals surface area contributed by atoms with Crippen LogP contribution in [0.15, 0.2) is 30.3 Å². The Morgan fingerprint density at radius 3 is 2.56 bits per heavy atom. The van der Waals surface area contributed by atoms with Gasteiger partial charge in [0.05, 0.1) is 5.54 Å². The van der Waals surface area contributed by atoms with Crippen LogP contribution < -0.4 is 10.6 Å². The van der Waals surface area contributed by atoms with Crippen molar-refractivity contribution in [2.24, 2.45) is 0 Å². The smallest absolute Gasteiger partial charge is 0.221 e. The van der Waals surface area contributed by atoms with Crippen LogP contribution in [0.4, 0.5) is 0 Å². The van der Waals surface area contributed by atoms with E-state index in [1.165, 1.54) is 5.56 Å². The van der Waals surface area contributed by atoms with Gasteiger partial charge in [0, 0.05) is 13.0 Å². The molecule has 16 heavy (non-hydrogen) atoms. The van der Waals surface area contributed by atoms with Crippen molar-refractivity contribution >= 4 is 5.91 Å². The summed E-state index contributed by atoms with van der Waals surface area (Å²) in [5, 5.41) is 6.12. The number of hydrogen-bond donors (Lipinski definition) is 2. The van der Waals surface area contributed by atoms with Gasteiger partial charge in [-0.2, -0.15) is 0 Å². The van der Waals surface area contributed by atoms with Gasteiger partial charge in [0.25, 0.3) is 0 Å². The molecule has 0 heterocycles. The van der Waals surface area contributed by atoms with Crippen molar-refractivity contribution in [3.05, 3.63) is 35.9 Å². The quantitative estimate of drug-likeness (QED) is 0.784. The topological polar surface area (TPSA) is 41.1 Å². The average Bonchev–Trinajstić information content (AvgIpc) is 3.09. The highest BCUT2D eigenvalue weighted by atomic mass is 16.1. The lowest BCUT2D eigenvalue weighted by Crippen LogP contribution is -2.36. The standard InChI is InChI=1S/C13H18N2O/c1-14-10-7-12(16)15-13(8-9-13)11-5-3-2-4-6-11/h2-6,14H,7-10H2,1H3,(H,15,16). The van der Waals surface area contributed by atoms with Crippen LogP contribution in [-0.2, 0) is 10.3 Å². The summed E-state index contributed by atoms with van der Waals surface area (Å²) in [5.41, 5.74) is 1.17. The lowest BCUT2D eigenvalue weighted by atomic mass is 10.0. The minimum atomic E-state index is -0.0634. The van der Waals surface area contributed by atoms with Crippen LogP contribution >= 0.6 is 0 Å². The molecule has 1 aliphatic rings. The summed E-state index contributed by atoms with van der Waals surface area (Å²) in [7, 11) is 1.86. The second kappa shape index (κ2) is 4.66. The minimum Gasteiger partial charge on any atom is -0.347 e. The third-order valence-corrected chi connectivity index (χ3v) is 3.06. The molecular formula is C13H18N2O. The van der Waals surface area contributed by atoms with Crippen LogP contribution in [0.1, 0.15) is 24.8 Å². The number of nitrogens with one attached hydrogen (secondary N) is 2. The Balaban J connectivity index is 1.97. The monoisotopic (exact) mass is 218 g/mol. The highest BCUT2D eigenvalue weighted by Gasteiger charge is 2.45. The molecule has 86 valence electrons. The Labute approximate surface area is 96.2 Å². The first kappa shape index (κ1) is 11.1. The summed E-state index contributed by atoms with van der Waals surface area (Å²) in [6, 6.07) is 10.2. The number of benzene rings is 1. The van der Waals surface area contributed by atoms with E-state index >= 15 is 0 Å². The predicted molar refractivity (Wildman–Crippen MR) is 64.0 cm³/mol. The highest BCUT2D eigenvalue weighted by Crippen LogP contribution is 2.45. The first-order valence-electron chi connectivity index (χ1n) is 5.78. The second-order valence-corrected chi connectivity index (χ2v) is 4.35. The van der Waals surface area contributed by atoms with Crippen molar-refractivity contribution < 1.29 is 4.79 Å². The van der Waals surface area contributed by atoms with Gasteiger partial charge in [0.1, 0.15) is 0 Å². The predicted octanol–water partition coefficient (Wildman–Crippen LogP) is 1.40. The summed E-state index contributed by atoms with van der Waals surface area (Å²) < 4.78 is 0. The van der Waals surface area contributed by atoms with Gasteiger partial charge >= 0.3 is 0 Å². The molecule has 0 atom stereocenters. The molecule has 0 spiro atoms. The van der Waals surface area contributed by atoms with E-state index in [-0.39, 0.29) is 11.4 Å². The number of carbonyl (C=O) groups is 1.